The van der Waals surface area contributed by atoms with Gasteiger partial charge in [0, 0.05) is 0 Å². The minimum atomic E-state index is -1.65. The Hall–Kier alpha value is -1.10. The number of rotatable bonds is 5. The van der Waals surface area contributed by atoms with Gasteiger partial charge in [0.25, 0.3) is 0 Å². The molecule has 0 aliphatic heterocycles. The van der Waals surface area contributed by atoms with Crippen LogP contribution in [0.15, 0.2) is 0 Å². The Kier molecular flexibility index (Phi) is 4.93. The Morgan fingerprint density at radius 3 is 2.00 bits per heavy atom. The molecule has 0 aromatic carbocycles. The van der Waals surface area contributed by atoms with E-state index in [1.807, 2.05) is 0 Å². The zero-order chi connectivity index (χ0) is 13.0. The molecule has 5 heteroatoms. The van der Waals surface area contributed by atoms with Gasteiger partial charge < -0.3 is 14.6 Å². The highest BCUT2D eigenvalue weighted by atomic mass is 16.5. The van der Waals surface area contributed by atoms with Gasteiger partial charge in [-0.05, 0) is 34.6 Å². The first kappa shape index (κ1) is 14.9. The van der Waals surface area contributed by atoms with E-state index in [4.69, 9.17) is 14.6 Å². The number of esters is 1. The van der Waals surface area contributed by atoms with Gasteiger partial charge >= 0.3 is 11.9 Å². The van der Waals surface area contributed by atoms with Crippen LogP contribution in [-0.2, 0) is 19.1 Å². The van der Waals surface area contributed by atoms with Crippen LogP contribution in [0.5, 0.6) is 0 Å². The van der Waals surface area contributed by atoms with Crippen LogP contribution < -0.4 is 0 Å². The van der Waals surface area contributed by atoms with E-state index in [0.29, 0.717) is 0 Å². The molecular formula is C11H20O5. The largest absolute Gasteiger partial charge is 0.480 e. The lowest BCUT2D eigenvalue weighted by molar-refractivity contribution is -0.175. The summed E-state index contributed by atoms with van der Waals surface area (Å²) in [6.07, 6.45) is 0. The van der Waals surface area contributed by atoms with Gasteiger partial charge in [0.1, 0.15) is 0 Å². The molecule has 0 aromatic rings. The van der Waals surface area contributed by atoms with Crippen molar-refractivity contribution in [3.8, 4) is 0 Å². The van der Waals surface area contributed by atoms with E-state index >= 15 is 0 Å². The van der Waals surface area contributed by atoms with E-state index in [2.05, 4.69) is 0 Å². The predicted molar refractivity (Wildman–Crippen MR) is 58.1 cm³/mol. The summed E-state index contributed by atoms with van der Waals surface area (Å²) < 4.78 is 10.1. The number of carbonyl (C=O) groups is 2. The van der Waals surface area contributed by atoms with Crippen LogP contribution in [0.1, 0.15) is 34.6 Å². The molecule has 0 saturated carbocycles. The number of carbonyl (C=O) groups excluding carboxylic acids is 1. The van der Waals surface area contributed by atoms with Crippen LogP contribution in [0.3, 0.4) is 0 Å². The summed E-state index contributed by atoms with van der Waals surface area (Å²) >= 11 is 0. The fraction of sp³-hybridized carbons (Fsp3) is 0.818. The molecule has 0 saturated heterocycles. The van der Waals surface area contributed by atoms with Crippen LogP contribution in [0, 0.1) is 5.41 Å². The smallest absolute Gasteiger partial charge is 0.325 e. The number of hydrogen-bond donors (Lipinski definition) is 1. The number of carboxylic acids is 1. The first-order valence-electron chi connectivity index (χ1n) is 5.18. The third-order valence-electron chi connectivity index (χ3n) is 1.99. The second kappa shape index (κ2) is 5.30. The molecule has 0 aliphatic rings. The fourth-order valence-corrected chi connectivity index (χ4v) is 0.859. The lowest BCUT2D eigenvalue weighted by Gasteiger charge is -2.27. The van der Waals surface area contributed by atoms with Crippen LogP contribution in [0.25, 0.3) is 0 Å². The molecule has 0 unspecified atom stereocenters. The summed E-state index contributed by atoms with van der Waals surface area (Å²) in [5.74, 6) is -2.01. The normalized spacial score (nSPS) is 15.3. The van der Waals surface area contributed by atoms with Gasteiger partial charge in [-0.2, -0.15) is 0 Å². The number of ether oxygens (including phenoxy) is 2. The fourth-order valence-electron chi connectivity index (χ4n) is 0.859. The standard InChI is InChI=1S/C11H20O5/c1-6-15-9(14)11(5,8(12)13)7-16-10(2,3)4/h6-7H2,1-5H3,(H,12,13)/t11-/m1/s1. The zero-order valence-corrected chi connectivity index (χ0v) is 10.5. The maximum atomic E-state index is 11.5. The molecule has 0 aliphatic carbocycles. The number of hydrogen-bond acceptors (Lipinski definition) is 4. The zero-order valence-electron chi connectivity index (χ0n) is 10.5. The third-order valence-corrected chi connectivity index (χ3v) is 1.99. The van der Waals surface area contributed by atoms with Crippen LogP contribution in [0.4, 0.5) is 0 Å². The molecule has 5 nitrogen and oxygen atoms in total. The van der Waals surface area contributed by atoms with Gasteiger partial charge in [0.05, 0.1) is 18.8 Å². The molecule has 0 aromatic heterocycles. The molecule has 16 heavy (non-hydrogen) atoms. The van der Waals surface area contributed by atoms with Crippen molar-refractivity contribution in [2.45, 2.75) is 40.2 Å². The number of aliphatic carboxylic acids is 1. The van der Waals surface area contributed by atoms with Crippen molar-refractivity contribution in [2.75, 3.05) is 13.2 Å². The molecule has 0 fully saturated rings. The van der Waals surface area contributed by atoms with Gasteiger partial charge in [-0.15, -0.1) is 0 Å². The van der Waals surface area contributed by atoms with Crippen molar-refractivity contribution in [1.82, 2.24) is 0 Å². The lowest BCUT2D eigenvalue weighted by atomic mass is 9.92. The highest BCUT2D eigenvalue weighted by molar-refractivity contribution is 5.98. The molecule has 0 radical (unpaired) electrons. The Bertz CT molecular complexity index is 266. The molecule has 0 bridgehead atoms. The quantitative estimate of drug-likeness (QED) is 0.573. The predicted octanol–water partition coefficient (Wildman–Crippen LogP) is 1.46. The number of carboxylic acid groups (broad SMARTS) is 1. The molecule has 1 atom stereocenters. The van der Waals surface area contributed by atoms with Crippen molar-refractivity contribution in [1.29, 1.82) is 0 Å². The van der Waals surface area contributed by atoms with E-state index < -0.39 is 23.0 Å². The van der Waals surface area contributed by atoms with Crippen molar-refractivity contribution in [3.63, 3.8) is 0 Å². The lowest BCUT2D eigenvalue weighted by Crippen LogP contribution is -2.44. The highest BCUT2D eigenvalue weighted by Crippen LogP contribution is 2.22. The Morgan fingerprint density at radius 2 is 1.69 bits per heavy atom. The van der Waals surface area contributed by atoms with Crippen molar-refractivity contribution in [3.05, 3.63) is 0 Å². The molecule has 0 amide bonds. The van der Waals surface area contributed by atoms with E-state index in [1.165, 1.54) is 6.92 Å². The molecule has 0 rings (SSSR count). The van der Waals surface area contributed by atoms with Gasteiger partial charge in [-0.3, -0.25) is 9.59 Å². The Labute approximate surface area is 95.7 Å². The summed E-state index contributed by atoms with van der Waals surface area (Å²) in [4.78, 5) is 22.6. The van der Waals surface area contributed by atoms with Crippen molar-refractivity contribution in [2.24, 2.45) is 5.41 Å². The van der Waals surface area contributed by atoms with Gasteiger partial charge in [0.2, 0.25) is 0 Å². The second-order valence-electron chi connectivity index (χ2n) is 4.76. The molecule has 94 valence electrons. The Morgan fingerprint density at radius 1 is 1.19 bits per heavy atom. The maximum Gasteiger partial charge on any atom is 0.325 e. The first-order chi connectivity index (χ1) is 7.13. The topological polar surface area (TPSA) is 72.8 Å². The van der Waals surface area contributed by atoms with E-state index in [0.717, 1.165) is 0 Å². The molecule has 1 N–H and O–H groups in total. The monoisotopic (exact) mass is 232 g/mol. The second-order valence-corrected chi connectivity index (χ2v) is 4.76. The van der Waals surface area contributed by atoms with Crippen molar-refractivity contribution < 1.29 is 24.2 Å². The SMILES string of the molecule is CCOC(=O)[C@](C)(COC(C)(C)C)C(=O)O. The highest BCUT2D eigenvalue weighted by Gasteiger charge is 2.44. The van der Waals surface area contributed by atoms with Gasteiger partial charge in [-0.25, -0.2) is 0 Å². The average Bonchev–Trinajstić information content (AvgIpc) is 2.13. The Balaban J connectivity index is 4.71. The summed E-state index contributed by atoms with van der Waals surface area (Å²) in [7, 11) is 0. The van der Waals surface area contributed by atoms with Crippen LogP contribution in [-0.4, -0.2) is 35.9 Å². The summed E-state index contributed by atoms with van der Waals surface area (Å²) in [6.45, 7) is 8.26. The molecule has 0 heterocycles. The minimum Gasteiger partial charge on any atom is -0.480 e. The van der Waals surface area contributed by atoms with Crippen LogP contribution in [0.2, 0.25) is 0 Å². The van der Waals surface area contributed by atoms with E-state index in [-0.39, 0.29) is 13.2 Å². The van der Waals surface area contributed by atoms with Gasteiger partial charge in [-0.1, -0.05) is 0 Å². The van der Waals surface area contributed by atoms with E-state index in [1.54, 1.807) is 27.7 Å². The summed E-state index contributed by atoms with van der Waals surface area (Å²) in [6, 6.07) is 0. The summed E-state index contributed by atoms with van der Waals surface area (Å²) in [5, 5.41) is 9.05. The van der Waals surface area contributed by atoms with Crippen LogP contribution >= 0.6 is 0 Å². The van der Waals surface area contributed by atoms with Gasteiger partial charge in [0.15, 0.2) is 5.41 Å². The third kappa shape index (κ3) is 4.18. The molecule has 0 spiro atoms. The maximum absolute atomic E-state index is 11.5. The summed E-state index contributed by atoms with van der Waals surface area (Å²) in [5.41, 5.74) is -2.15. The molecular weight excluding hydrogens is 212 g/mol. The average molecular weight is 232 g/mol. The van der Waals surface area contributed by atoms with Crippen molar-refractivity contribution >= 4 is 11.9 Å². The first-order valence-corrected chi connectivity index (χ1v) is 5.18. The van der Waals surface area contributed by atoms with E-state index in [9.17, 15) is 9.59 Å². The minimum absolute atomic E-state index is 0.150.